The summed E-state index contributed by atoms with van der Waals surface area (Å²) in [6.45, 7) is 5.47. The van der Waals surface area contributed by atoms with E-state index in [0.29, 0.717) is 47.2 Å². The van der Waals surface area contributed by atoms with Gasteiger partial charge in [0.15, 0.2) is 11.5 Å². The summed E-state index contributed by atoms with van der Waals surface area (Å²) < 4.78 is 2.38. The zero-order chi connectivity index (χ0) is 38.8. The topological polar surface area (TPSA) is 143 Å². The number of rotatable bonds is 9. The van der Waals surface area contributed by atoms with Gasteiger partial charge in [0.25, 0.3) is 5.91 Å². The lowest BCUT2D eigenvalue weighted by Crippen LogP contribution is -2.49. The van der Waals surface area contributed by atoms with Gasteiger partial charge in [-0.15, -0.1) is 10.2 Å². The number of fused-ring (bicyclic) bond motifs is 1. The van der Waals surface area contributed by atoms with Crippen LogP contribution in [0.25, 0.3) is 10.9 Å². The van der Waals surface area contributed by atoms with Crippen molar-refractivity contribution in [2.24, 2.45) is 5.92 Å². The molecule has 8 rings (SSSR count). The Hall–Kier alpha value is -5.19. The van der Waals surface area contributed by atoms with E-state index in [4.69, 9.17) is 11.6 Å². The summed E-state index contributed by atoms with van der Waals surface area (Å²) in [7, 11) is 2.06. The van der Waals surface area contributed by atoms with E-state index in [1.807, 2.05) is 30.3 Å². The molecule has 0 spiro atoms. The highest BCUT2D eigenvalue weighted by molar-refractivity contribution is 6.32. The van der Waals surface area contributed by atoms with E-state index in [2.05, 4.69) is 71.5 Å². The van der Waals surface area contributed by atoms with E-state index in [0.717, 1.165) is 112 Å². The molecule has 0 atom stereocenters. The molecule has 14 heteroatoms. The van der Waals surface area contributed by atoms with Gasteiger partial charge in [-0.1, -0.05) is 17.7 Å². The number of benzene rings is 2. The maximum absolute atomic E-state index is 13.1. The highest BCUT2D eigenvalue weighted by Crippen LogP contribution is 2.35. The number of nitriles is 1. The molecule has 1 saturated carbocycles. The number of hydrogen-bond donors (Lipinski definition) is 2. The molecule has 4 fully saturated rings. The van der Waals surface area contributed by atoms with Crippen molar-refractivity contribution in [3.8, 4) is 6.07 Å². The van der Waals surface area contributed by atoms with Gasteiger partial charge in [-0.2, -0.15) is 5.26 Å². The van der Waals surface area contributed by atoms with Crippen molar-refractivity contribution in [3.05, 3.63) is 77.1 Å². The van der Waals surface area contributed by atoms with Gasteiger partial charge in [0, 0.05) is 88.1 Å². The third-order valence-electron chi connectivity index (χ3n) is 12.4. The lowest BCUT2D eigenvalue weighted by molar-refractivity contribution is -0.120. The number of carbonyl (C=O) groups excluding carboxylic acids is 3. The van der Waals surface area contributed by atoms with Crippen molar-refractivity contribution < 1.29 is 14.4 Å². The number of nitrogens with zero attached hydrogens (tertiary/aromatic N) is 8. The molecule has 2 aromatic carbocycles. The van der Waals surface area contributed by atoms with E-state index in [-0.39, 0.29) is 23.9 Å². The van der Waals surface area contributed by atoms with Crippen LogP contribution in [0.15, 0.2) is 60.8 Å². The molecular formula is C42H49ClN10O3. The third kappa shape index (κ3) is 8.04. The maximum atomic E-state index is 13.1. The first-order valence-electron chi connectivity index (χ1n) is 20.0. The van der Waals surface area contributed by atoms with E-state index in [1.165, 1.54) is 0 Å². The van der Waals surface area contributed by atoms with Crippen molar-refractivity contribution in [1.29, 1.82) is 5.26 Å². The number of likely N-dealkylation sites (tertiary alicyclic amines) is 1. The number of nitrogens with one attached hydrogen (secondary N) is 2. The van der Waals surface area contributed by atoms with Crippen LogP contribution in [-0.2, 0) is 4.79 Å². The third-order valence-corrected chi connectivity index (χ3v) is 12.7. The van der Waals surface area contributed by atoms with Crippen LogP contribution in [0.4, 0.5) is 22.0 Å². The Morgan fingerprint density at radius 2 is 1.73 bits per heavy atom. The molecule has 56 heavy (non-hydrogen) atoms. The van der Waals surface area contributed by atoms with Crippen molar-refractivity contribution in [2.45, 2.75) is 75.9 Å². The quantitative estimate of drug-likeness (QED) is 0.205. The van der Waals surface area contributed by atoms with Gasteiger partial charge < -0.3 is 24.6 Å². The van der Waals surface area contributed by atoms with Gasteiger partial charge in [-0.3, -0.25) is 19.8 Å². The van der Waals surface area contributed by atoms with Gasteiger partial charge in [-0.05, 0) is 106 Å². The van der Waals surface area contributed by atoms with Crippen LogP contribution in [0, 0.1) is 17.2 Å². The Labute approximate surface area is 332 Å². The highest BCUT2D eigenvalue weighted by Gasteiger charge is 2.30. The van der Waals surface area contributed by atoms with E-state index in [9.17, 15) is 19.6 Å². The fourth-order valence-corrected chi connectivity index (χ4v) is 9.33. The van der Waals surface area contributed by atoms with Gasteiger partial charge in [0.1, 0.15) is 6.07 Å². The first-order chi connectivity index (χ1) is 27.2. The van der Waals surface area contributed by atoms with Crippen LogP contribution in [0.1, 0.15) is 79.9 Å². The van der Waals surface area contributed by atoms with Crippen molar-refractivity contribution in [1.82, 2.24) is 30.3 Å². The fraction of sp³-hybridized carbons (Fsp3) is 0.476. The second kappa shape index (κ2) is 16.5. The Kier molecular flexibility index (Phi) is 11.1. The van der Waals surface area contributed by atoms with Gasteiger partial charge in [-0.25, -0.2) is 4.79 Å². The largest absolute Gasteiger partial charge is 0.372 e. The first kappa shape index (κ1) is 37.7. The summed E-state index contributed by atoms with van der Waals surface area (Å²) in [5.74, 6) is 1.06. The van der Waals surface area contributed by atoms with E-state index in [1.54, 1.807) is 17.0 Å². The molecule has 292 valence electrons. The Morgan fingerprint density at radius 1 is 0.946 bits per heavy atom. The molecule has 0 bridgehead atoms. The molecular weight excluding hydrogens is 728 g/mol. The number of amides is 4. The van der Waals surface area contributed by atoms with Gasteiger partial charge in [0.05, 0.1) is 21.8 Å². The molecule has 3 saturated heterocycles. The summed E-state index contributed by atoms with van der Waals surface area (Å²) >= 11 is 6.27. The summed E-state index contributed by atoms with van der Waals surface area (Å²) in [6, 6.07) is 20.1. The zero-order valence-corrected chi connectivity index (χ0v) is 32.6. The lowest BCUT2D eigenvalue weighted by atomic mass is 9.90. The van der Waals surface area contributed by atoms with E-state index >= 15 is 0 Å². The van der Waals surface area contributed by atoms with Crippen molar-refractivity contribution in [2.75, 3.05) is 61.0 Å². The Morgan fingerprint density at radius 3 is 2.43 bits per heavy atom. The maximum Gasteiger partial charge on any atom is 0.328 e. The summed E-state index contributed by atoms with van der Waals surface area (Å²) in [5, 5.41) is 25.1. The molecule has 5 heterocycles. The molecule has 13 nitrogen and oxygen atoms in total. The molecule has 3 aliphatic heterocycles. The molecule has 2 N–H and O–H groups in total. The predicted octanol–water partition coefficient (Wildman–Crippen LogP) is 6.13. The molecule has 0 unspecified atom stereocenters. The zero-order valence-electron chi connectivity index (χ0n) is 31.9. The van der Waals surface area contributed by atoms with Crippen molar-refractivity contribution in [3.63, 3.8) is 0 Å². The summed E-state index contributed by atoms with van der Waals surface area (Å²) in [5.41, 5.74) is 3.79. The normalized spacial score (nSPS) is 21.5. The minimum Gasteiger partial charge on any atom is -0.372 e. The van der Waals surface area contributed by atoms with Gasteiger partial charge >= 0.3 is 6.03 Å². The van der Waals surface area contributed by atoms with Crippen LogP contribution in [0.3, 0.4) is 0 Å². The second-order valence-corrected chi connectivity index (χ2v) is 16.2. The minimum absolute atomic E-state index is 0.0928. The van der Waals surface area contributed by atoms with Crippen LogP contribution < -0.4 is 25.3 Å². The number of anilines is 3. The second-order valence-electron chi connectivity index (χ2n) is 15.8. The Balaban J connectivity index is 0.765. The van der Waals surface area contributed by atoms with E-state index < -0.39 is 0 Å². The van der Waals surface area contributed by atoms with Crippen LogP contribution in [-0.4, -0.2) is 95.9 Å². The molecule has 2 aromatic heterocycles. The fourth-order valence-electron chi connectivity index (χ4n) is 9.12. The standard InChI is InChI=1S/C42H49ClN10O3/c1-49(33-8-5-29(26-44)35(43)25-33)31-9-6-30(7-10-31)45-41(55)36-11-12-39(48-47-36)51-21-13-28(14-22-51)27-50-19-15-32(16-20-50)52-23-17-34-37(52)3-2-4-38(34)53-24-18-40(54)46-42(53)56/h2-5,8,11-12,17,23,25,28,30-32H,6-7,9-10,13-16,18-22,24,27H2,1H3,(H,45,55)(H,46,54,56)/t30-,31-. The highest BCUT2D eigenvalue weighted by atomic mass is 35.5. The predicted molar refractivity (Wildman–Crippen MR) is 217 cm³/mol. The molecule has 1 aliphatic carbocycles. The van der Waals surface area contributed by atoms with Gasteiger partial charge in [0.2, 0.25) is 5.91 Å². The number of urea groups is 1. The van der Waals surface area contributed by atoms with Crippen LogP contribution in [0.2, 0.25) is 5.02 Å². The summed E-state index contributed by atoms with van der Waals surface area (Å²) in [4.78, 5) is 46.1. The molecule has 4 amide bonds. The molecule has 0 radical (unpaired) electrons. The molecule has 4 aromatic rings. The minimum atomic E-state index is -0.352. The smallest absolute Gasteiger partial charge is 0.328 e. The molecule has 4 aliphatic rings. The SMILES string of the molecule is CN(c1ccc(C#N)c(Cl)c1)[C@H]1CC[C@H](NC(=O)c2ccc(N3CCC(CN4CCC(n5ccc6c(N7CCC(=O)NC7=O)cccc65)CC4)CC3)nn2)CC1. The number of carbonyl (C=O) groups is 3. The monoisotopic (exact) mass is 776 g/mol. The lowest BCUT2D eigenvalue weighted by Gasteiger charge is -2.38. The first-order valence-corrected chi connectivity index (χ1v) is 20.4. The Bertz CT molecular complexity index is 2110. The number of aromatic nitrogens is 3. The number of hydrogen-bond acceptors (Lipinski definition) is 9. The number of imide groups is 1. The number of piperidine rings is 2. The number of halogens is 1. The summed E-state index contributed by atoms with van der Waals surface area (Å²) in [6.07, 6.45) is 10.5. The average molecular weight is 777 g/mol. The average Bonchev–Trinajstić information content (AvgIpc) is 3.66. The van der Waals surface area contributed by atoms with Crippen molar-refractivity contribution >= 4 is 57.5 Å². The van der Waals surface area contributed by atoms with Crippen LogP contribution >= 0.6 is 11.6 Å². The van der Waals surface area contributed by atoms with Crippen LogP contribution in [0.5, 0.6) is 0 Å².